The quantitative estimate of drug-likeness (QED) is 0.845. The van der Waals surface area contributed by atoms with Crippen molar-refractivity contribution in [2.45, 2.75) is 45.1 Å². The smallest absolute Gasteiger partial charge is 0.231 e. The molecule has 108 valence electrons. The Morgan fingerprint density at radius 1 is 1.45 bits per heavy atom. The Labute approximate surface area is 125 Å². The van der Waals surface area contributed by atoms with Crippen molar-refractivity contribution in [2.75, 3.05) is 5.75 Å². The second-order valence-electron chi connectivity index (χ2n) is 5.57. The lowest BCUT2D eigenvalue weighted by atomic mass is 9.90. The van der Waals surface area contributed by atoms with E-state index < -0.39 is 5.54 Å². The molecule has 1 rings (SSSR count). The lowest BCUT2D eigenvalue weighted by Gasteiger charge is -2.27. The summed E-state index contributed by atoms with van der Waals surface area (Å²) in [6, 6.07) is 8.37. The van der Waals surface area contributed by atoms with Crippen LogP contribution in [0.3, 0.4) is 0 Å². The van der Waals surface area contributed by atoms with E-state index in [1.54, 1.807) is 6.92 Å². The predicted octanol–water partition coefficient (Wildman–Crippen LogP) is 3.45. The standard InChI is InChI=1S/C16H22N2OS/c1-11(2)16(5,10-17)18-15(19)9-20-14-7-6-12(3)8-13(14)4/h6-8,11H,9H2,1-5H3,(H,18,19)/t16-/m1/s1. The molecule has 0 radical (unpaired) electrons. The number of nitrogens with one attached hydrogen (secondary N) is 1. The highest BCUT2D eigenvalue weighted by molar-refractivity contribution is 8.00. The van der Waals surface area contributed by atoms with Gasteiger partial charge in [0, 0.05) is 4.90 Å². The van der Waals surface area contributed by atoms with Gasteiger partial charge in [-0.15, -0.1) is 11.8 Å². The summed E-state index contributed by atoms with van der Waals surface area (Å²) < 4.78 is 0. The number of hydrogen-bond acceptors (Lipinski definition) is 3. The van der Waals surface area contributed by atoms with Crippen LogP contribution in [-0.2, 0) is 4.79 Å². The molecule has 0 aromatic heterocycles. The third-order valence-corrected chi connectivity index (χ3v) is 4.65. The maximum Gasteiger partial charge on any atom is 0.231 e. The lowest BCUT2D eigenvalue weighted by Crippen LogP contribution is -2.49. The Morgan fingerprint density at radius 3 is 2.60 bits per heavy atom. The summed E-state index contributed by atoms with van der Waals surface area (Å²) in [5.74, 6) is 0.295. The Hall–Kier alpha value is -1.47. The molecular formula is C16H22N2OS. The first kappa shape index (κ1) is 16.6. The molecular weight excluding hydrogens is 268 g/mol. The van der Waals surface area contributed by atoms with Gasteiger partial charge in [0.15, 0.2) is 0 Å². The van der Waals surface area contributed by atoms with E-state index >= 15 is 0 Å². The molecule has 0 aliphatic carbocycles. The van der Waals surface area contributed by atoms with Crippen molar-refractivity contribution in [2.24, 2.45) is 5.92 Å². The topological polar surface area (TPSA) is 52.9 Å². The third kappa shape index (κ3) is 4.28. The SMILES string of the molecule is Cc1ccc(SCC(=O)N[C@](C)(C#N)C(C)C)c(C)c1. The van der Waals surface area contributed by atoms with E-state index in [9.17, 15) is 10.1 Å². The normalized spacial score (nSPS) is 13.7. The maximum absolute atomic E-state index is 12.0. The van der Waals surface area contributed by atoms with Crippen LogP contribution in [0.1, 0.15) is 31.9 Å². The molecule has 0 bridgehead atoms. The van der Waals surface area contributed by atoms with Crippen molar-refractivity contribution in [3.05, 3.63) is 29.3 Å². The monoisotopic (exact) mass is 290 g/mol. The van der Waals surface area contributed by atoms with Crippen LogP contribution in [0.2, 0.25) is 0 Å². The molecule has 0 heterocycles. The minimum Gasteiger partial charge on any atom is -0.337 e. The second-order valence-corrected chi connectivity index (χ2v) is 6.59. The number of nitriles is 1. The first-order valence-corrected chi connectivity index (χ1v) is 7.69. The van der Waals surface area contributed by atoms with Crippen molar-refractivity contribution < 1.29 is 4.79 Å². The first-order valence-electron chi connectivity index (χ1n) is 6.71. The van der Waals surface area contributed by atoms with Crippen LogP contribution >= 0.6 is 11.8 Å². The van der Waals surface area contributed by atoms with Gasteiger partial charge in [0.2, 0.25) is 5.91 Å². The molecule has 1 aromatic rings. The molecule has 0 saturated heterocycles. The van der Waals surface area contributed by atoms with Gasteiger partial charge in [-0.1, -0.05) is 31.5 Å². The van der Waals surface area contributed by atoms with E-state index in [1.807, 2.05) is 32.9 Å². The van der Waals surface area contributed by atoms with Gasteiger partial charge >= 0.3 is 0 Å². The van der Waals surface area contributed by atoms with Gasteiger partial charge in [0.1, 0.15) is 5.54 Å². The molecule has 0 spiro atoms. The molecule has 20 heavy (non-hydrogen) atoms. The first-order chi connectivity index (χ1) is 9.28. The van der Waals surface area contributed by atoms with Crippen molar-refractivity contribution in [1.82, 2.24) is 5.32 Å². The van der Waals surface area contributed by atoms with E-state index in [0.717, 1.165) is 4.90 Å². The fraction of sp³-hybridized carbons (Fsp3) is 0.500. The summed E-state index contributed by atoms with van der Waals surface area (Å²) in [4.78, 5) is 13.1. The van der Waals surface area contributed by atoms with Gasteiger partial charge in [0.25, 0.3) is 0 Å². The molecule has 1 atom stereocenters. The zero-order chi connectivity index (χ0) is 15.3. The molecule has 0 fully saturated rings. The highest BCUT2D eigenvalue weighted by Crippen LogP contribution is 2.23. The van der Waals surface area contributed by atoms with E-state index in [1.165, 1.54) is 22.9 Å². The number of thioether (sulfide) groups is 1. The van der Waals surface area contributed by atoms with Crippen LogP contribution in [0, 0.1) is 31.1 Å². The van der Waals surface area contributed by atoms with E-state index in [2.05, 4.69) is 24.4 Å². The zero-order valence-corrected chi connectivity index (χ0v) is 13.6. The molecule has 0 saturated carbocycles. The van der Waals surface area contributed by atoms with E-state index in [0.29, 0.717) is 5.75 Å². The number of hydrogen-bond donors (Lipinski definition) is 1. The largest absolute Gasteiger partial charge is 0.337 e. The summed E-state index contributed by atoms with van der Waals surface area (Å²) in [6.07, 6.45) is 0. The van der Waals surface area contributed by atoms with Crippen molar-refractivity contribution in [3.63, 3.8) is 0 Å². The Kier molecular flexibility index (Phi) is 5.64. The molecule has 3 nitrogen and oxygen atoms in total. The number of aryl methyl sites for hydroxylation is 2. The van der Waals surface area contributed by atoms with Crippen LogP contribution in [0.25, 0.3) is 0 Å². The highest BCUT2D eigenvalue weighted by Gasteiger charge is 2.29. The van der Waals surface area contributed by atoms with Crippen molar-refractivity contribution >= 4 is 17.7 Å². The Balaban J connectivity index is 2.62. The molecule has 0 aliphatic heterocycles. The van der Waals surface area contributed by atoms with Gasteiger partial charge in [0.05, 0.1) is 11.8 Å². The third-order valence-electron chi connectivity index (χ3n) is 3.48. The summed E-state index contributed by atoms with van der Waals surface area (Å²) in [6.45, 7) is 9.72. The van der Waals surface area contributed by atoms with Gasteiger partial charge in [-0.25, -0.2) is 0 Å². The van der Waals surface area contributed by atoms with Crippen LogP contribution in [0.5, 0.6) is 0 Å². The van der Waals surface area contributed by atoms with Gasteiger partial charge in [-0.05, 0) is 38.3 Å². The zero-order valence-electron chi connectivity index (χ0n) is 12.8. The summed E-state index contributed by atoms with van der Waals surface area (Å²) >= 11 is 1.51. The molecule has 0 unspecified atom stereocenters. The van der Waals surface area contributed by atoms with Crippen molar-refractivity contribution in [3.8, 4) is 6.07 Å². The number of nitrogens with zero attached hydrogens (tertiary/aromatic N) is 1. The fourth-order valence-corrected chi connectivity index (χ4v) is 2.54. The Morgan fingerprint density at radius 2 is 2.10 bits per heavy atom. The van der Waals surface area contributed by atoms with Gasteiger partial charge in [-0.2, -0.15) is 5.26 Å². The molecule has 1 amide bonds. The molecule has 1 aromatic carbocycles. The highest BCUT2D eigenvalue weighted by atomic mass is 32.2. The van der Waals surface area contributed by atoms with E-state index in [-0.39, 0.29) is 11.8 Å². The van der Waals surface area contributed by atoms with Crippen molar-refractivity contribution in [1.29, 1.82) is 5.26 Å². The summed E-state index contributed by atoms with van der Waals surface area (Å²) in [7, 11) is 0. The van der Waals surface area contributed by atoms with Crippen LogP contribution < -0.4 is 5.32 Å². The average Bonchev–Trinajstić information content (AvgIpc) is 2.37. The summed E-state index contributed by atoms with van der Waals surface area (Å²) in [5.41, 5.74) is 1.59. The molecule has 0 aliphatic rings. The number of carbonyl (C=O) groups excluding carboxylic acids is 1. The number of rotatable bonds is 5. The second kappa shape index (κ2) is 6.81. The maximum atomic E-state index is 12.0. The minimum atomic E-state index is -0.806. The van der Waals surface area contributed by atoms with E-state index in [4.69, 9.17) is 0 Å². The van der Waals surface area contributed by atoms with Crippen LogP contribution in [0.15, 0.2) is 23.1 Å². The lowest BCUT2D eigenvalue weighted by molar-refractivity contribution is -0.120. The molecule has 4 heteroatoms. The average molecular weight is 290 g/mol. The number of benzene rings is 1. The number of amides is 1. The van der Waals surface area contributed by atoms with Crippen LogP contribution in [-0.4, -0.2) is 17.2 Å². The summed E-state index contributed by atoms with van der Waals surface area (Å²) in [5, 5.41) is 12.0. The minimum absolute atomic E-state index is 0.0718. The van der Waals surface area contributed by atoms with Crippen LogP contribution in [0.4, 0.5) is 0 Å². The van der Waals surface area contributed by atoms with Gasteiger partial charge in [-0.3, -0.25) is 4.79 Å². The predicted molar refractivity (Wildman–Crippen MR) is 83.6 cm³/mol. The van der Waals surface area contributed by atoms with Gasteiger partial charge < -0.3 is 5.32 Å². The molecule has 1 N–H and O–H groups in total. The fourth-order valence-electron chi connectivity index (χ4n) is 1.73. The number of carbonyl (C=O) groups is 1. The Bertz CT molecular complexity index is 534.